The van der Waals surface area contributed by atoms with E-state index < -0.39 is 0 Å². The predicted molar refractivity (Wildman–Crippen MR) is 68.2 cm³/mol. The van der Waals surface area contributed by atoms with Gasteiger partial charge in [0.25, 0.3) is 0 Å². The molecule has 0 aliphatic carbocycles. The molecule has 0 fully saturated rings. The zero-order chi connectivity index (χ0) is 12.9. The molecule has 0 saturated carbocycles. The Bertz CT molecular complexity index is 213. The Morgan fingerprint density at radius 2 is 1.69 bits per heavy atom. The van der Waals surface area contributed by atoms with Gasteiger partial charge in [-0.05, 0) is 39.0 Å². The molecule has 0 heterocycles. The first-order chi connectivity index (χ1) is 7.17. The molecule has 2 unspecified atom stereocenters. The number of rotatable bonds is 5. The maximum absolute atomic E-state index is 11.9. The van der Waals surface area contributed by atoms with Crippen molar-refractivity contribution in [2.45, 2.75) is 66.9 Å². The third-order valence-corrected chi connectivity index (χ3v) is 2.78. The maximum Gasteiger partial charge on any atom is 0.309 e. The van der Waals surface area contributed by atoms with Gasteiger partial charge in [0.1, 0.15) is 5.60 Å². The van der Waals surface area contributed by atoms with Gasteiger partial charge in [0.05, 0.1) is 5.92 Å². The molecule has 0 rings (SSSR count). The van der Waals surface area contributed by atoms with Crippen LogP contribution in [-0.4, -0.2) is 11.6 Å². The van der Waals surface area contributed by atoms with Crippen LogP contribution in [0.15, 0.2) is 0 Å². The summed E-state index contributed by atoms with van der Waals surface area (Å²) in [6.45, 7) is 14.3. The molecule has 0 radical (unpaired) electrons. The molecule has 0 saturated heterocycles. The molecule has 0 aromatic heterocycles. The third-order valence-electron chi connectivity index (χ3n) is 2.78. The molecule has 0 aliphatic rings. The summed E-state index contributed by atoms with van der Waals surface area (Å²) >= 11 is 0. The lowest BCUT2D eigenvalue weighted by molar-refractivity contribution is -0.161. The highest BCUT2D eigenvalue weighted by atomic mass is 16.6. The van der Waals surface area contributed by atoms with E-state index in [2.05, 4.69) is 20.8 Å². The second-order valence-corrected chi connectivity index (χ2v) is 6.12. The normalized spacial score (nSPS) is 16.0. The molecule has 0 bridgehead atoms. The van der Waals surface area contributed by atoms with Crippen molar-refractivity contribution in [3.05, 3.63) is 0 Å². The molecule has 0 aromatic carbocycles. The second kappa shape index (κ2) is 6.27. The first-order valence-corrected chi connectivity index (χ1v) is 6.40. The average molecular weight is 228 g/mol. The van der Waals surface area contributed by atoms with Crippen LogP contribution in [0.5, 0.6) is 0 Å². The molecule has 0 N–H and O–H groups in total. The topological polar surface area (TPSA) is 26.3 Å². The molecule has 0 aliphatic heterocycles. The fourth-order valence-electron chi connectivity index (χ4n) is 1.92. The van der Waals surface area contributed by atoms with Crippen LogP contribution in [0.25, 0.3) is 0 Å². The van der Waals surface area contributed by atoms with E-state index in [-0.39, 0.29) is 17.5 Å². The standard InChI is InChI=1S/C14H28O2/c1-8-12(9-10(2)3)11(4)13(15)16-14(5,6)7/h10-12H,8-9H2,1-7H3. The fourth-order valence-corrected chi connectivity index (χ4v) is 1.92. The summed E-state index contributed by atoms with van der Waals surface area (Å²) in [7, 11) is 0. The predicted octanol–water partition coefficient (Wildman–Crippen LogP) is 4.04. The minimum Gasteiger partial charge on any atom is -0.460 e. The van der Waals surface area contributed by atoms with Crippen LogP contribution in [-0.2, 0) is 9.53 Å². The van der Waals surface area contributed by atoms with Gasteiger partial charge >= 0.3 is 5.97 Å². The van der Waals surface area contributed by atoms with Gasteiger partial charge in [0.15, 0.2) is 0 Å². The Morgan fingerprint density at radius 1 is 1.19 bits per heavy atom. The lowest BCUT2D eigenvalue weighted by Crippen LogP contribution is -2.31. The van der Waals surface area contributed by atoms with Gasteiger partial charge in [-0.3, -0.25) is 4.79 Å². The van der Waals surface area contributed by atoms with Crippen molar-refractivity contribution in [2.75, 3.05) is 0 Å². The van der Waals surface area contributed by atoms with Crippen molar-refractivity contribution in [2.24, 2.45) is 17.8 Å². The van der Waals surface area contributed by atoms with Crippen molar-refractivity contribution in [1.82, 2.24) is 0 Å². The largest absolute Gasteiger partial charge is 0.460 e. The number of carbonyl (C=O) groups excluding carboxylic acids is 1. The van der Waals surface area contributed by atoms with Crippen LogP contribution < -0.4 is 0 Å². The fraction of sp³-hybridized carbons (Fsp3) is 0.929. The summed E-state index contributed by atoms with van der Waals surface area (Å²) in [5, 5.41) is 0. The van der Waals surface area contributed by atoms with Gasteiger partial charge in [0, 0.05) is 0 Å². The minimum absolute atomic E-state index is 0.00613. The highest BCUT2D eigenvalue weighted by Crippen LogP contribution is 2.26. The van der Waals surface area contributed by atoms with Gasteiger partial charge in [-0.25, -0.2) is 0 Å². The van der Waals surface area contributed by atoms with Crippen molar-refractivity contribution in [3.63, 3.8) is 0 Å². The van der Waals surface area contributed by atoms with E-state index in [1.54, 1.807) is 0 Å². The molecule has 16 heavy (non-hydrogen) atoms. The SMILES string of the molecule is CCC(CC(C)C)C(C)C(=O)OC(C)(C)C. The number of esters is 1. The first-order valence-electron chi connectivity index (χ1n) is 6.40. The van der Waals surface area contributed by atoms with Crippen LogP contribution >= 0.6 is 0 Å². The van der Waals surface area contributed by atoms with E-state index in [9.17, 15) is 4.79 Å². The van der Waals surface area contributed by atoms with Crippen LogP contribution in [0, 0.1) is 17.8 Å². The summed E-state index contributed by atoms with van der Waals surface area (Å²) in [5.74, 6) is 1.02. The Hall–Kier alpha value is -0.530. The third kappa shape index (κ3) is 6.14. The Labute approximate surface area is 101 Å². The molecule has 0 spiro atoms. The number of hydrogen-bond donors (Lipinski definition) is 0. The summed E-state index contributed by atoms with van der Waals surface area (Å²) < 4.78 is 5.42. The van der Waals surface area contributed by atoms with Crippen molar-refractivity contribution >= 4 is 5.97 Å². The van der Waals surface area contributed by atoms with Crippen LogP contribution in [0.1, 0.15) is 61.3 Å². The van der Waals surface area contributed by atoms with Crippen LogP contribution in [0.2, 0.25) is 0 Å². The highest BCUT2D eigenvalue weighted by molar-refractivity contribution is 5.72. The van der Waals surface area contributed by atoms with E-state index in [4.69, 9.17) is 4.74 Å². The second-order valence-electron chi connectivity index (χ2n) is 6.12. The number of hydrogen-bond acceptors (Lipinski definition) is 2. The van der Waals surface area contributed by atoms with Gasteiger partial charge in [-0.15, -0.1) is 0 Å². The molecule has 96 valence electrons. The zero-order valence-electron chi connectivity index (χ0n) is 12.0. The first kappa shape index (κ1) is 15.5. The quantitative estimate of drug-likeness (QED) is 0.664. The van der Waals surface area contributed by atoms with Crippen LogP contribution in [0.4, 0.5) is 0 Å². The Morgan fingerprint density at radius 3 is 2.00 bits per heavy atom. The minimum atomic E-state index is -0.374. The molecular weight excluding hydrogens is 200 g/mol. The molecule has 0 amide bonds. The van der Waals surface area contributed by atoms with Gasteiger partial charge in [-0.2, -0.15) is 0 Å². The average Bonchev–Trinajstić information content (AvgIpc) is 2.09. The van der Waals surface area contributed by atoms with E-state index in [0.717, 1.165) is 12.8 Å². The Balaban J connectivity index is 4.39. The maximum atomic E-state index is 11.9. The zero-order valence-corrected chi connectivity index (χ0v) is 12.0. The summed E-state index contributed by atoms with van der Waals surface area (Å²) in [5.41, 5.74) is -0.374. The van der Waals surface area contributed by atoms with Gasteiger partial charge in [0.2, 0.25) is 0 Å². The lowest BCUT2D eigenvalue weighted by atomic mass is 9.84. The summed E-state index contributed by atoms with van der Waals surface area (Å²) in [4.78, 5) is 11.9. The van der Waals surface area contributed by atoms with Gasteiger partial charge < -0.3 is 4.74 Å². The molecule has 2 nitrogen and oxygen atoms in total. The van der Waals surface area contributed by atoms with E-state index in [1.807, 2.05) is 27.7 Å². The molecule has 2 heteroatoms. The molecular formula is C14H28O2. The van der Waals surface area contributed by atoms with Gasteiger partial charge in [-0.1, -0.05) is 34.1 Å². The summed E-state index contributed by atoms with van der Waals surface area (Å²) in [6.07, 6.45) is 2.13. The van der Waals surface area contributed by atoms with Crippen molar-refractivity contribution in [1.29, 1.82) is 0 Å². The van der Waals surface area contributed by atoms with E-state index in [0.29, 0.717) is 11.8 Å². The number of carbonyl (C=O) groups is 1. The Kier molecular flexibility index (Phi) is 6.06. The van der Waals surface area contributed by atoms with Crippen molar-refractivity contribution in [3.8, 4) is 0 Å². The highest BCUT2D eigenvalue weighted by Gasteiger charge is 2.27. The monoisotopic (exact) mass is 228 g/mol. The van der Waals surface area contributed by atoms with E-state index in [1.165, 1.54) is 0 Å². The van der Waals surface area contributed by atoms with Crippen LogP contribution in [0.3, 0.4) is 0 Å². The molecule has 2 atom stereocenters. The lowest BCUT2D eigenvalue weighted by Gasteiger charge is -2.27. The van der Waals surface area contributed by atoms with Crippen molar-refractivity contribution < 1.29 is 9.53 Å². The summed E-state index contributed by atoms with van der Waals surface area (Å²) in [6, 6.07) is 0. The smallest absolute Gasteiger partial charge is 0.309 e. The number of ether oxygens (including phenoxy) is 1. The van der Waals surface area contributed by atoms with E-state index >= 15 is 0 Å². The molecule has 0 aromatic rings.